The van der Waals surface area contributed by atoms with Gasteiger partial charge in [0.05, 0.1) is 11.4 Å². The van der Waals surface area contributed by atoms with Crippen molar-refractivity contribution in [1.82, 2.24) is 9.80 Å². The van der Waals surface area contributed by atoms with Gasteiger partial charge in [0.1, 0.15) is 6.04 Å². The zero-order valence-electron chi connectivity index (χ0n) is 16.5. The number of nitrogens with one attached hydrogen (secondary N) is 1. The van der Waals surface area contributed by atoms with Crippen LogP contribution in [0.2, 0.25) is 0 Å². The third-order valence-corrected chi connectivity index (χ3v) is 6.27. The third kappa shape index (κ3) is 3.49. The van der Waals surface area contributed by atoms with Crippen LogP contribution in [0.1, 0.15) is 28.8 Å². The molecule has 5 rings (SSSR count). The van der Waals surface area contributed by atoms with Crippen molar-refractivity contribution in [2.45, 2.75) is 25.4 Å². The Morgan fingerprint density at radius 1 is 1.00 bits per heavy atom. The molecule has 3 aliphatic rings. The van der Waals surface area contributed by atoms with Gasteiger partial charge >= 0.3 is 0 Å². The van der Waals surface area contributed by atoms with Crippen LogP contribution in [-0.4, -0.2) is 60.4 Å². The first-order valence-corrected chi connectivity index (χ1v) is 10.5. The normalized spacial score (nSPS) is 21.5. The van der Waals surface area contributed by atoms with Crippen LogP contribution in [0.3, 0.4) is 0 Å². The minimum absolute atomic E-state index is 0.0463. The molecule has 2 fully saturated rings. The number of hydrogen-bond donors (Lipinski definition) is 1. The second-order valence-electron chi connectivity index (χ2n) is 8.13. The van der Waals surface area contributed by atoms with Gasteiger partial charge in [-0.05, 0) is 36.6 Å². The second kappa shape index (κ2) is 7.52. The van der Waals surface area contributed by atoms with Gasteiger partial charge < -0.3 is 15.1 Å². The zero-order valence-corrected chi connectivity index (χ0v) is 16.5. The number of amides is 2. The van der Waals surface area contributed by atoms with E-state index in [0.717, 1.165) is 63.5 Å². The number of piperazine rings is 1. The summed E-state index contributed by atoms with van der Waals surface area (Å²) in [4.78, 5) is 31.9. The Kier molecular flexibility index (Phi) is 4.72. The quantitative estimate of drug-likeness (QED) is 0.875. The molecule has 0 bridgehead atoms. The fraction of sp³-hybridized carbons (Fsp3) is 0.391. The van der Waals surface area contributed by atoms with Gasteiger partial charge in [0, 0.05) is 44.8 Å². The predicted octanol–water partition coefficient (Wildman–Crippen LogP) is 2.57. The van der Waals surface area contributed by atoms with Gasteiger partial charge in [-0.15, -0.1) is 0 Å². The number of hydrogen-bond acceptors (Lipinski definition) is 4. The Hall–Kier alpha value is -2.86. The molecule has 3 aliphatic heterocycles. The molecule has 0 radical (unpaired) electrons. The molecule has 2 amide bonds. The summed E-state index contributed by atoms with van der Waals surface area (Å²) in [5.41, 5.74) is 3.76. The highest BCUT2D eigenvalue weighted by Crippen LogP contribution is 2.37. The van der Waals surface area contributed by atoms with Crippen LogP contribution in [0.25, 0.3) is 0 Å². The Morgan fingerprint density at radius 2 is 1.79 bits per heavy atom. The summed E-state index contributed by atoms with van der Waals surface area (Å²) in [5.74, 6) is 0.0964. The van der Waals surface area contributed by atoms with Crippen molar-refractivity contribution in [1.29, 1.82) is 0 Å². The van der Waals surface area contributed by atoms with Crippen molar-refractivity contribution in [3.05, 3.63) is 59.7 Å². The van der Waals surface area contributed by atoms with Crippen LogP contribution < -0.4 is 10.2 Å². The first-order valence-electron chi connectivity index (χ1n) is 10.5. The number of fused-ring (bicyclic) bond motifs is 3. The van der Waals surface area contributed by atoms with Gasteiger partial charge in [0.15, 0.2) is 0 Å². The van der Waals surface area contributed by atoms with E-state index in [1.54, 1.807) is 0 Å². The highest BCUT2D eigenvalue weighted by Gasteiger charge is 2.36. The van der Waals surface area contributed by atoms with E-state index in [0.29, 0.717) is 5.56 Å². The standard InChI is InChI=1S/C23H26N4O2/c28-22-21-7-4-10-27(21)20-9-8-18(15-19(20)24-22)23(29)26-13-11-25(12-14-26)16-17-5-2-1-3-6-17/h1-3,5-6,8-9,15,21H,4,7,10-14,16H2,(H,24,28)/t21-/m1/s1. The summed E-state index contributed by atoms with van der Waals surface area (Å²) in [6, 6.07) is 16.1. The molecule has 0 aliphatic carbocycles. The Bertz CT molecular complexity index is 922. The maximum atomic E-state index is 13.0. The molecule has 1 N–H and O–H groups in total. The first-order chi connectivity index (χ1) is 14.2. The fourth-order valence-electron chi connectivity index (χ4n) is 4.70. The lowest BCUT2D eigenvalue weighted by Crippen LogP contribution is -2.48. The summed E-state index contributed by atoms with van der Waals surface area (Å²) in [6.45, 7) is 5.02. The molecule has 3 heterocycles. The minimum atomic E-state index is -0.0539. The predicted molar refractivity (Wildman–Crippen MR) is 113 cm³/mol. The second-order valence-corrected chi connectivity index (χ2v) is 8.13. The van der Waals surface area contributed by atoms with Gasteiger partial charge in [0.2, 0.25) is 5.91 Å². The van der Waals surface area contributed by atoms with Crippen molar-refractivity contribution in [2.75, 3.05) is 42.9 Å². The maximum absolute atomic E-state index is 13.0. The topological polar surface area (TPSA) is 55.9 Å². The molecule has 29 heavy (non-hydrogen) atoms. The molecule has 1 atom stereocenters. The lowest BCUT2D eigenvalue weighted by Gasteiger charge is -2.35. The van der Waals surface area contributed by atoms with Crippen molar-refractivity contribution in [3.63, 3.8) is 0 Å². The Morgan fingerprint density at radius 3 is 2.59 bits per heavy atom. The van der Waals surface area contributed by atoms with Gasteiger partial charge in [-0.3, -0.25) is 14.5 Å². The largest absolute Gasteiger partial charge is 0.358 e. The van der Waals surface area contributed by atoms with Crippen LogP contribution in [0, 0.1) is 0 Å². The lowest BCUT2D eigenvalue weighted by atomic mass is 10.1. The highest BCUT2D eigenvalue weighted by atomic mass is 16.2. The lowest BCUT2D eigenvalue weighted by molar-refractivity contribution is -0.117. The van der Waals surface area contributed by atoms with E-state index in [-0.39, 0.29) is 17.9 Å². The molecule has 2 saturated heterocycles. The maximum Gasteiger partial charge on any atom is 0.254 e. The SMILES string of the molecule is O=C1Nc2cc(C(=O)N3CCN(Cc4ccccc4)CC3)ccc2N2CCC[C@H]12. The average molecular weight is 390 g/mol. The molecule has 2 aromatic carbocycles. The number of carbonyl (C=O) groups excluding carboxylic acids is 2. The molecule has 6 heteroatoms. The van der Waals surface area contributed by atoms with Crippen LogP contribution in [-0.2, 0) is 11.3 Å². The molecular weight excluding hydrogens is 364 g/mol. The first kappa shape index (κ1) is 18.2. The van der Waals surface area contributed by atoms with Crippen molar-refractivity contribution < 1.29 is 9.59 Å². The smallest absolute Gasteiger partial charge is 0.254 e. The number of anilines is 2. The molecule has 2 aromatic rings. The summed E-state index contributed by atoms with van der Waals surface area (Å²) >= 11 is 0. The zero-order chi connectivity index (χ0) is 19.8. The number of rotatable bonds is 3. The molecule has 6 nitrogen and oxygen atoms in total. The molecular formula is C23H26N4O2. The van der Waals surface area contributed by atoms with E-state index < -0.39 is 0 Å². The van der Waals surface area contributed by atoms with E-state index in [9.17, 15) is 9.59 Å². The van der Waals surface area contributed by atoms with E-state index >= 15 is 0 Å². The van der Waals surface area contributed by atoms with Crippen molar-refractivity contribution >= 4 is 23.2 Å². The Labute approximate surface area is 171 Å². The summed E-state index contributed by atoms with van der Waals surface area (Å²) in [7, 11) is 0. The molecule has 0 spiro atoms. The van der Waals surface area contributed by atoms with Crippen LogP contribution in [0.15, 0.2) is 48.5 Å². The average Bonchev–Trinajstić information content (AvgIpc) is 3.25. The monoisotopic (exact) mass is 390 g/mol. The fourth-order valence-corrected chi connectivity index (χ4v) is 4.70. The van der Waals surface area contributed by atoms with Gasteiger partial charge in [-0.2, -0.15) is 0 Å². The van der Waals surface area contributed by atoms with Crippen LogP contribution in [0.5, 0.6) is 0 Å². The summed E-state index contributed by atoms with van der Waals surface area (Å²) in [6.07, 6.45) is 1.94. The summed E-state index contributed by atoms with van der Waals surface area (Å²) < 4.78 is 0. The van der Waals surface area contributed by atoms with E-state index in [1.165, 1.54) is 5.56 Å². The summed E-state index contributed by atoms with van der Waals surface area (Å²) in [5, 5.41) is 3.00. The molecule has 0 saturated carbocycles. The third-order valence-electron chi connectivity index (χ3n) is 6.27. The highest BCUT2D eigenvalue weighted by molar-refractivity contribution is 6.06. The van der Waals surface area contributed by atoms with Crippen LogP contribution in [0.4, 0.5) is 11.4 Å². The van der Waals surface area contributed by atoms with Gasteiger partial charge in [0.25, 0.3) is 5.91 Å². The van der Waals surface area contributed by atoms with Crippen LogP contribution >= 0.6 is 0 Å². The minimum Gasteiger partial charge on any atom is -0.358 e. The number of carbonyl (C=O) groups is 2. The van der Waals surface area contributed by atoms with Gasteiger partial charge in [-0.1, -0.05) is 30.3 Å². The molecule has 0 unspecified atom stereocenters. The number of nitrogens with zero attached hydrogens (tertiary/aromatic N) is 3. The van der Waals surface area contributed by atoms with E-state index in [4.69, 9.17) is 0 Å². The van der Waals surface area contributed by atoms with Gasteiger partial charge in [-0.25, -0.2) is 0 Å². The molecule has 0 aromatic heterocycles. The van der Waals surface area contributed by atoms with E-state index in [1.807, 2.05) is 29.2 Å². The Balaban J connectivity index is 1.25. The van der Waals surface area contributed by atoms with Crippen molar-refractivity contribution in [3.8, 4) is 0 Å². The number of benzene rings is 2. The molecule has 150 valence electrons. The van der Waals surface area contributed by atoms with E-state index in [2.05, 4.69) is 39.4 Å². The van der Waals surface area contributed by atoms with Crippen molar-refractivity contribution in [2.24, 2.45) is 0 Å².